The summed E-state index contributed by atoms with van der Waals surface area (Å²) in [6.07, 6.45) is -0.544. The van der Waals surface area contributed by atoms with Crippen molar-refractivity contribution < 1.29 is 18.7 Å². The molecular formula is C15H19ClFNO3. The van der Waals surface area contributed by atoms with Crippen LogP contribution in [0.4, 0.5) is 9.18 Å². The fourth-order valence-electron chi connectivity index (χ4n) is 1.66. The van der Waals surface area contributed by atoms with Crippen LogP contribution in [-0.2, 0) is 4.74 Å². The van der Waals surface area contributed by atoms with Gasteiger partial charge in [-0.15, -0.1) is 0 Å². The van der Waals surface area contributed by atoms with Crippen molar-refractivity contribution >= 4 is 23.5 Å². The molecule has 0 heterocycles. The van der Waals surface area contributed by atoms with Crippen molar-refractivity contribution in [1.29, 1.82) is 0 Å². The number of carbonyl (C=O) groups excluding carboxylic acids is 2. The van der Waals surface area contributed by atoms with Gasteiger partial charge in [-0.25, -0.2) is 9.18 Å². The van der Waals surface area contributed by atoms with Crippen LogP contribution in [0.25, 0.3) is 0 Å². The van der Waals surface area contributed by atoms with Crippen LogP contribution in [0.15, 0.2) is 18.2 Å². The molecule has 1 aromatic rings. The number of ether oxygens (including phenoxy) is 1. The minimum absolute atomic E-state index is 0.0462. The summed E-state index contributed by atoms with van der Waals surface area (Å²) in [5.41, 5.74) is -0.371. The molecule has 0 aliphatic heterocycles. The smallest absolute Gasteiger partial charge is 0.407 e. The maximum atomic E-state index is 12.9. The van der Waals surface area contributed by atoms with Crippen LogP contribution in [0.1, 0.15) is 44.5 Å². The van der Waals surface area contributed by atoms with Gasteiger partial charge in [-0.2, -0.15) is 0 Å². The van der Waals surface area contributed by atoms with Crippen LogP contribution in [-0.4, -0.2) is 23.5 Å². The molecule has 0 radical (unpaired) electrons. The van der Waals surface area contributed by atoms with Gasteiger partial charge in [0.15, 0.2) is 5.78 Å². The number of halogens is 2. The predicted octanol–water partition coefficient (Wildman–Crippen LogP) is 3.97. The van der Waals surface area contributed by atoms with Crippen LogP contribution >= 0.6 is 11.6 Å². The molecule has 1 atom stereocenters. The SMILES string of the molecule is CC(CC(=O)c1ccc(F)cc1Cl)NC(=O)OC(C)(C)C. The van der Waals surface area contributed by atoms with Gasteiger partial charge < -0.3 is 10.1 Å². The van der Waals surface area contributed by atoms with Gasteiger partial charge in [-0.3, -0.25) is 4.79 Å². The number of ketones is 1. The summed E-state index contributed by atoms with van der Waals surface area (Å²) < 4.78 is 18.0. The average molecular weight is 316 g/mol. The number of Topliss-reactive ketones (excluding diaryl/α,β-unsaturated/α-hetero) is 1. The number of amides is 1. The third kappa shape index (κ3) is 6.12. The van der Waals surface area contributed by atoms with Gasteiger partial charge >= 0.3 is 6.09 Å². The number of nitrogens with one attached hydrogen (secondary N) is 1. The Kier molecular flexibility index (Phi) is 5.72. The van der Waals surface area contributed by atoms with Gasteiger partial charge in [0, 0.05) is 18.0 Å². The van der Waals surface area contributed by atoms with Gasteiger partial charge in [0.1, 0.15) is 11.4 Å². The Hall–Kier alpha value is -1.62. The molecule has 6 heteroatoms. The number of carbonyl (C=O) groups is 2. The van der Waals surface area contributed by atoms with Crippen molar-refractivity contribution in [2.24, 2.45) is 0 Å². The summed E-state index contributed by atoms with van der Waals surface area (Å²) in [6, 6.07) is 3.17. The molecule has 1 rings (SSSR count). The van der Waals surface area contributed by atoms with Crippen molar-refractivity contribution in [1.82, 2.24) is 5.32 Å². The second kappa shape index (κ2) is 6.89. The second-order valence-corrected chi connectivity index (χ2v) is 6.21. The highest BCUT2D eigenvalue weighted by Crippen LogP contribution is 2.19. The quantitative estimate of drug-likeness (QED) is 0.855. The van der Waals surface area contributed by atoms with E-state index in [1.807, 2.05) is 0 Å². The van der Waals surface area contributed by atoms with Gasteiger partial charge in [0.25, 0.3) is 0 Å². The molecule has 116 valence electrons. The monoisotopic (exact) mass is 315 g/mol. The Morgan fingerprint density at radius 2 is 2.00 bits per heavy atom. The molecule has 0 aromatic heterocycles. The third-order valence-electron chi connectivity index (χ3n) is 2.49. The first-order valence-corrected chi connectivity index (χ1v) is 6.94. The van der Waals surface area contributed by atoms with E-state index in [1.54, 1.807) is 27.7 Å². The van der Waals surface area contributed by atoms with E-state index >= 15 is 0 Å². The standard InChI is InChI=1S/C15H19ClFNO3/c1-9(18-14(20)21-15(2,3)4)7-13(19)11-6-5-10(17)8-12(11)16/h5-6,8-9H,7H2,1-4H3,(H,18,20). The van der Waals surface area contributed by atoms with Crippen molar-refractivity contribution in [2.75, 3.05) is 0 Å². The fourth-order valence-corrected chi connectivity index (χ4v) is 1.94. The van der Waals surface area contributed by atoms with Crippen LogP contribution in [0.3, 0.4) is 0 Å². The van der Waals surface area contributed by atoms with Crippen LogP contribution in [0.5, 0.6) is 0 Å². The number of rotatable bonds is 4. The highest BCUT2D eigenvalue weighted by molar-refractivity contribution is 6.34. The Balaban J connectivity index is 2.60. The molecule has 1 amide bonds. The van der Waals surface area contributed by atoms with E-state index in [9.17, 15) is 14.0 Å². The van der Waals surface area contributed by atoms with E-state index in [0.717, 1.165) is 6.07 Å². The number of hydrogen-bond acceptors (Lipinski definition) is 3. The molecule has 0 bridgehead atoms. The zero-order chi connectivity index (χ0) is 16.2. The first-order valence-electron chi connectivity index (χ1n) is 6.56. The maximum absolute atomic E-state index is 12.9. The summed E-state index contributed by atoms with van der Waals surface area (Å²) in [4.78, 5) is 23.6. The topological polar surface area (TPSA) is 55.4 Å². The van der Waals surface area contributed by atoms with E-state index in [0.29, 0.717) is 0 Å². The normalized spacial score (nSPS) is 12.7. The molecule has 1 aromatic carbocycles. The van der Waals surface area contributed by atoms with Gasteiger partial charge in [-0.05, 0) is 45.9 Å². The third-order valence-corrected chi connectivity index (χ3v) is 2.80. The number of benzene rings is 1. The van der Waals surface area contributed by atoms with E-state index in [1.165, 1.54) is 12.1 Å². The number of hydrogen-bond donors (Lipinski definition) is 1. The Morgan fingerprint density at radius 1 is 1.38 bits per heavy atom. The minimum Gasteiger partial charge on any atom is -0.444 e. The molecule has 1 unspecified atom stereocenters. The lowest BCUT2D eigenvalue weighted by Crippen LogP contribution is -2.38. The van der Waals surface area contributed by atoms with E-state index in [-0.39, 0.29) is 22.8 Å². The zero-order valence-electron chi connectivity index (χ0n) is 12.5. The molecule has 0 aliphatic rings. The Labute approximate surface area is 128 Å². The molecule has 4 nitrogen and oxygen atoms in total. The predicted molar refractivity (Wildman–Crippen MR) is 79.2 cm³/mol. The largest absolute Gasteiger partial charge is 0.444 e. The van der Waals surface area contributed by atoms with Crippen molar-refractivity contribution in [3.8, 4) is 0 Å². The summed E-state index contributed by atoms with van der Waals surface area (Å²) in [5.74, 6) is -0.778. The molecule has 0 saturated heterocycles. The van der Waals surface area contributed by atoms with Gasteiger partial charge in [-0.1, -0.05) is 11.6 Å². The van der Waals surface area contributed by atoms with E-state index in [4.69, 9.17) is 16.3 Å². The van der Waals surface area contributed by atoms with Crippen molar-refractivity contribution in [3.05, 3.63) is 34.6 Å². The molecule has 0 spiro atoms. The van der Waals surface area contributed by atoms with Crippen molar-refractivity contribution in [3.63, 3.8) is 0 Å². The minimum atomic E-state index is -0.603. The van der Waals surface area contributed by atoms with Gasteiger partial charge in [0.05, 0.1) is 5.02 Å². The van der Waals surface area contributed by atoms with Crippen molar-refractivity contribution in [2.45, 2.75) is 45.8 Å². The number of alkyl carbamates (subject to hydrolysis) is 1. The van der Waals surface area contributed by atoms with Crippen LogP contribution < -0.4 is 5.32 Å². The molecule has 1 N–H and O–H groups in total. The summed E-state index contributed by atoms with van der Waals surface area (Å²) in [5, 5.41) is 2.63. The maximum Gasteiger partial charge on any atom is 0.407 e. The van der Waals surface area contributed by atoms with E-state index in [2.05, 4.69) is 5.32 Å². The average Bonchev–Trinajstić information content (AvgIpc) is 2.24. The molecule has 0 fully saturated rings. The summed E-state index contributed by atoms with van der Waals surface area (Å²) in [6.45, 7) is 6.93. The highest BCUT2D eigenvalue weighted by Gasteiger charge is 2.20. The molecular weight excluding hydrogens is 297 g/mol. The lowest BCUT2D eigenvalue weighted by atomic mass is 10.0. The molecule has 0 aliphatic carbocycles. The first-order chi connectivity index (χ1) is 9.58. The molecule has 0 saturated carbocycles. The Morgan fingerprint density at radius 3 is 2.52 bits per heavy atom. The van der Waals surface area contributed by atoms with Gasteiger partial charge in [0.2, 0.25) is 0 Å². The van der Waals surface area contributed by atoms with Crippen LogP contribution in [0, 0.1) is 5.82 Å². The highest BCUT2D eigenvalue weighted by atomic mass is 35.5. The van der Waals surface area contributed by atoms with Crippen LogP contribution in [0.2, 0.25) is 5.02 Å². The summed E-state index contributed by atoms with van der Waals surface area (Å²) >= 11 is 5.83. The lowest BCUT2D eigenvalue weighted by molar-refractivity contribution is 0.0506. The fraction of sp³-hybridized carbons (Fsp3) is 0.467. The summed E-state index contributed by atoms with van der Waals surface area (Å²) in [7, 11) is 0. The zero-order valence-corrected chi connectivity index (χ0v) is 13.3. The first kappa shape index (κ1) is 17.4. The molecule has 21 heavy (non-hydrogen) atoms. The lowest BCUT2D eigenvalue weighted by Gasteiger charge is -2.21. The van der Waals surface area contributed by atoms with E-state index < -0.39 is 23.6 Å². The Bertz CT molecular complexity index is 540. The second-order valence-electron chi connectivity index (χ2n) is 5.80.